The van der Waals surface area contributed by atoms with E-state index in [1.54, 1.807) is 0 Å². The fraction of sp³-hybridized carbons (Fsp3) is 0.750. The maximum Gasteiger partial charge on any atom is 0.0690 e. The lowest BCUT2D eigenvalue weighted by atomic mass is 10.2. The van der Waals surface area contributed by atoms with Gasteiger partial charge in [0.15, 0.2) is 0 Å². The molecule has 0 spiro atoms. The van der Waals surface area contributed by atoms with Gasteiger partial charge >= 0.3 is 0 Å². The second-order valence-corrected chi connectivity index (χ2v) is 2.32. The van der Waals surface area contributed by atoms with Gasteiger partial charge in [-0.15, -0.1) is 5.92 Å². The third kappa shape index (κ3) is 2.07. The molecule has 1 N–H and O–H groups in total. The van der Waals surface area contributed by atoms with E-state index in [-0.39, 0.29) is 0 Å². The average molecular weight is 123 g/mol. The van der Waals surface area contributed by atoms with Gasteiger partial charge in [-0.3, -0.25) is 0 Å². The Morgan fingerprint density at radius 2 is 2.56 bits per heavy atom. The Hall–Kier alpha value is -0.480. The third-order valence-corrected chi connectivity index (χ3v) is 1.51. The van der Waals surface area contributed by atoms with Crippen molar-refractivity contribution in [2.75, 3.05) is 6.54 Å². The minimum Gasteiger partial charge on any atom is -0.304 e. The Bertz CT molecular complexity index is 123. The smallest absolute Gasteiger partial charge is 0.0690 e. The van der Waals surface area contributed by atoms with Gasteiger partial charge in [-0.25, -0.2) is 0 Å². The zero-order valence-corrected chi connectivity index (χ0v) is 5.91. The summed E-state index contributed by atoms with van der Waals surface area (Å²) in [4.78, 5) is 0. The predicted molar refractivity (Wildman–Crippen MR) is 39.1 cm³/mol. The molecular formula is C8H13N. The monoisotopic (exact) mass is 123 g/mol. The molecule has 1 aliphatic rings. The lowest BCUT2D eigenvalue weighted by molar-refractivity contribution is 0.748. The number of rotatable bonds is 0. The molecule has 0 amide bonds. The minimum atomic E-state index is 0.505. The second-order valence-electron chi connectivity index (χ2n) is 2.32. The molecule has 50 valence electrons. The molecule has 0 saturated carbocycles. The predicted octanol–water partition coefficient (Wildman–Crippen LogP) is 1.15. The fourth-order valence-electron chi connectivity index (χ4n) is 1.03. The molecule has 0 unspecified atom stereocenters. The van der Waals surface area contributed by atoms with Crippen LogP contribution < -0.4 is 5.32 Å². The first kappa shape index (κ1) is 6.64. The molecule has 1 heteroatoms. The largest absolute Gasteiger partial charge is 0.304 e. The summed E-state index contributed by atoms with van der Waals surface area (Å²) < 4.78 is 0. The quantitative estimate of drug-likeness (QED) is 0.476. The van der Waals surface area contributed by atoms with Gasteiger partial charge in [-0.2, -0.15) is 0 Å². The van der Waals surface area contributed by atoms with Crippen molar-refractivity contribution in [3.05, 3.63) is 0 Å². The van der Waals surface area contributed by atoms with Crippen molar-refractivity contribution in [3.8, 4) is 11.8 Å². The van der Waals surface area contributed by atoms with Gasteiger partial charge in [0.05, 0.1) is 6.04 Å². The molecule has 0 aromatic carbocycles. The van der Waals surface area contributed by atoms with E-state index in [4.69, 9.17) is 0 Å². The van der Waals surface area contributed by atoms with Crippen LogP contribution >= 0.6 is 0 Å². The first-order valence-electron chi connectivity index (χ1n) is 3.65. The van der Waals surface area contributed by atoms with E-state index in [1.807, 2.05) is 0 Å². The van der Waals surface area contributed by atoms with Crippen LogP contribution in [0.5, 0.6) is 0 Å². The lowest BCUT2D eigenvalue weighted by Crippen LogP contribution is -2.18. The van der Waals surface area contributed by atoms with E-state index in [1.165, 1.54) is 12.8 Å². The van der Waals surface area contributed by atoms with Crippen molar-refractivity contribution in [1.29, 1.82) is 0 Å². The Morgan fingerprint density at radius 1 is 1.67 bits per heavy atom. The molecule has 1 aliphatic heterocycles. The SMILES string of the molecule is CCC#C[C@@H]1CCCN1. The highest BCUT2D eigenvalue weighted by atomic mass is 14.9. The zero-order chi connectivity index (χ0) is 6.53. The molecule has 0 aromatic heterocycles. The Balaban J connectivity index is 2.26. The van der Waals surface area contributed by atoms with Gasteiger partial charge in [0, 0.05) is 6.42 Å². The summed E-state index contributed by atoms with van der Waals surface area (Å²) in [6.45, 7) is 3.24. The molecule has 0 radical (unpaired) electrons. The van der Waals surface area contributed by atoms with Gasteiger partial charge in [0.1, 0.15) is 0 Å². The summed E-state index contributed by atoms with van der Waals surface area (Å²) in [6.07, 6.45) is 3.52. The van der Waals surface area contributed by atoms with Crippen LogP contribution in [-0.2, 0) is 0 Å². The van der Waals surface area contributed by atoms with Crippen molar-refractivity contribution in [2.24, 2.45) is 0 Å². The van der Waals surface area contributed by atoms with Crippen LogP contribution in [0, 0.1) is 11.8 Å². The standard InChI is InChI=1S/C8H13N/c1-2-3-5-8-6-4-7-9-8/h8-9H,2,4,6-7H2,1H3/t8-/m1/s1. The maximum atomic E-state index is 3.32. The van der Waals surface area contributed by atoms with Crippen molar-refractivity contribution < 1.29 is 0 Å². The topological polar surface area (TPSA) is 12.0 Å². The normalized spacial score (nSPS) is 25.2. The molecule has 1 atom stereocenters. The van der Waals surface area contributed by atoms with E-state index in [9.17, 15) is 0 Å². The van der Waals surface area contributed by atoms with Crippen LogP contribution in [0.4, 0.5) is 0 Å². The van der Waals surface area contributed by atoms with E-state index in [0.29, 0.717) is 6.04 Å². The Morgan fingerprint density at radius 3 is 3.11 bits per heavy atom. The van der Waals surface area contributed by atoms with E-state index >= 15 is 0 Å². The van der Waals surface area contributed by atoms with Gasteiger partial charge in [-0.05, 0) is 19.4 Å². The van der Waals surface area contributed by atoms with E-state index in [0.717, 1.165) is 13.0 Å². The first-order chi connectivity index (χ1) is 4.43. The van der Waals surface area contributed by atoms with Crippen molar-refractivity contribution in [2.45, 2.75) is 32.2 Å². The van der Waals surface area contributed by atoms with Crippen molar-refractivity contribution in [3.63, 3.8) is 0 Å². The molecule has 1 saturated heterocycles. The van der Waals surface area contributed by atoms with Crippen LogP contribution in [0.1, 0.15) is 26.2 Å². The summed E-state index contributed by atoms with van der Waals surface area (Å²) >= 11 is 0. The lowest BCUT2D eigenvalue weighted by Gasteiger charge is -1.96. The minimum absolute atomic E-state index is 0.505. The third-order valence-electron chi connectivity index (χ3n) is 1.51. The number of hydrogen-bond donors (Lipinski definition) is 1. The molecule has 1 heterocycles. The second kappa shape index (κ2) is 3.53. The number of hydrogen-bond acceptors (Lipinski definition) is 1. The van der Waals surface area contributed by atoms with Crippen LogP contribution in [0.3, 0.4) is 0 Å². The van der Waals surface area contributed by atoms with Crippen LogP contribution in [0.2, 0.25) is 0 Å². The molecule has 0 bridgehead atoms. The molecule has 1 fully saturated rings. The number of nitrogens with one attached hydrogen (secondary N) is 1. The Labute approximate surface area is 56.8 Å². The summed E-state index contributed by atoms with van der Waals surface area (Å²) in [5.41, 5.74) is 0. The van der Waals surface area contributed by atoms with Gasteiger partial charge in [0.2, 0.25) is 0 Å². The fourth-order valence-corrected chi connectivity index (χ4v) is 1.03. The molecule has 1 nitrogen and oxygen atoms in total. The Kier molecular flexibility index (Phi) is 2.60. The highest BCUT2D eigenvalue weighted by Gasteiger charge is 2.09. The van der Waals surface area contributed by atoms with Crippen molar-refractivity contribution >= 4 is 0 Å². The summed E-state index contributed by atoms with van der Waals surface area (Å²) in [6, 6.07) is 0.505. The van der Waals surface area contributed by atoms with Gasteiger partial charge < -0.3 is 5.32 Å². The van der Waals surface area contributed by atoms with E-state index in [2.05, 4.69) is 24.1 Å². The van der Waals surface area contributed by atoms with Crippen molar-refractivity contribution in [1.82, 2.24) is 5.32 Å². The first-order valence-corrected chi connectivity index (χ1v) is 3.65. The average Bonchev–Trinajstić information content (AvgIpc) is 2.34. The molecule has 1 rings (SSSR count). The zero-order valence-electron chi connectivity index (χ0n) is 5.91. The highest BCUT2D eigenvalue weighted by molar-refractivity contribution is 5.08. The van der Waals surface area contributed by atoms with E-state index < -0.39 is 0 Å². The highest BCUT2D eigenvalue weighted by Crippen LogP contribution is 2.02. The van der Waals surface area contributed by atoms with Gasteiger partial charge in [0.25, 0.3) is 0 Å². The summed E-state index contributed by atoms with van der Waals surface area (Å²) in [5.74, 6) is 6.25. The molecule has 0 aliphatic carbocycles. The summed E-state index contributed by atoms with van der Waals surface area (Å²) in [7, 11) is 0. The molecule has 0 aromatic rings. The van der Waals surface area contributed by atoms with Crippen LogP contribution in [0.25, 0.3) is 0 Å². The van der Waals surface area contributed by atoms with Gasteiger partial charge in [-0.1, -0.05) is 12.8 Å². The van der Waals surface area contributed by atoms with Crippen LogP contribution in [-0.4, -0.2) is 12.6 Å². The van der Waals surface area contributed by atoms with Crippen LogP contribution in [0.15, 0.2) is 0 Å². The molecular weight excluding hydrogens is 110 g/mol. The summed E-state index contributed by atoms with van der Waals surface area (Å²) in [5, 5.41) is 3.32. The maximum absolute atomic E-state index is 3.32. The molecule has 9 heavy (non-hydrogen) atoms.